The molecule has 1 aliphatic heterocycles. The number of rotatable bonds is 1. The van der Waals surface area contributed by atoms with E-state index in [-0.39, 0.29) is 12.0 Å². The molecule has 0 spiro atoms. The van der Waals surface area contributed by atoms with Gasteiger partial charge in [-0.2, -0.15) is 0 Å². The van der Waals surface area contributed by atoms with Crippen molar-refractivity contribution in [2.45, 2.75) is 18.9 Å². The minimum Gasteiger partial charge on any atom is -0.368 e. The summed E-state index contributed by atoms with van der Waals surface area (Å²) in [6.45, 7) is 0.688. The fourth-order valence-electron chi connectivity index (χ4n) is 0.802. The zero-order chi connectivity index (χ0) is 5.98. The number of ether oxygens (including phenoxy) is 1. The Hall–Kier alpha value is -0.570. The SMILES string of the molecule is NC(=O)[C@H]1CCCO1. The van der Waals surface area contributed by atoms with Crippen molar-refractivity contribution in [3.63, 3.8) is 0 Å². The molecule has 0 aliphatic carbocycles. The molecule has 3 nitrogen and oxygen atoms in total. The predicted octanol–water partition coefficient (Wildman–Crippen LogP) is -0.349. The van der Waals surface area contributed by atoms with E-state index in [1.807, 2.05) is 0 Å². The Morgan fingerprint density at radius 1 is 1.75 bits per heavy atom. The van der Waals surface area contributed by atoms with Crippen LogP contribution in [-0.2, 0) is 9.53 Å². The Bertz CT molecular complexity index is 96.6. The van der Waals surface area contributed by atoms with E-state index in [1.165, 1.54) is 0 Å². The van der Waals surface area contributed by atoms with Crippen LogP contribution in [0, 0.1) is 0 Å². The lowest BCUT2D eigenvalue weighted by Crippen LogP contribution is -2.27. The summed E-state index contributed by atoms with van der Waals surface area (Å²) in [4.78, 5) is 10.3. The van der Waals surface area contributed by atoms with E-state index in [0.717, 1.165) is 12.8 Å². The van der Waals surface area contributed by atoms with Gasteiger partial charge in [-0.25, -0.2) is 0 Å². The third-order valence-electron chi connectivity index (χ3n) is 1.25. The molecule has 0 bridgehead atoms. The topological polar surface area (TPSA) is 52.3 Å². The average Bonchev–Trinajstić information content (AvgIpc) is 2.12. The monoisotopic (exact) mass is 115 g/mol. The summed E-state index contributed by atoms with van der Waals surface area (Å²) in [5, 5.41) is 0. The van der Waals surface area contributed by atoms with Gasteiger partial charge in [-0.3, -0.25) is 4.79 Å². The molecule has 1 heterocycles. The molecular formula is C5H9NO2. The normalized spacial score (nSPS) is 28.2. The number of carbonyl (C=O) groups is 1. The molecule has 0 unspecified atom stereocenters. The molecular weight excluding hydrogens is 106 g/mol. The molecule has 1 saturated heterocycles. The van der Waals surface area contributed by atoms with E-state index >= 15 is 0 Å². The van der Waals surface area contributed by atoms with Gasteiger partial charge in [0.15, 0.2) is 0 Å². The van der Waals surface area contributed by atoms with Gasteiger partial charge in [0.1, 0.15) is 6.10 Å². The number of nitrogens with two attached hydrogens (primary N) is 1. The molecule has 2 N–H and O–H groups in total. The fourth-order valence-corrected chi connectivity index (χ4v) is 0.802. The lowest BCUT2D eigenvalue weighted by atomic mass is 10.2. The first-order chi connectivity index (χ1) is 3.80. The van der Waals surface area contributed by atoms with Crippen LogP contribution in [0.4, 0.5) is 0 Å². The summed E-state index contributed by atoms with van der Waals surface area (Å²) >= 11 is 0. The smallest absolute Gasteiger partial charge is 0.246 e. The van der Waals surface area contributed by atoms with Crippen molar-refractivity contribution in [2.75, 3.05) is 6.61 Å². The molecule has 1 aliphatic rings. The maximum atomic E-state index is 10.3. The third kappa shape index (κ3) is 0.980. The van der Waals surface area contributed by atoms with E-state index < -0.39 is 0 Å². The highest BCUT2D eigenvalue weighted by atomic mass is 16.5. The van der Waals surface area contributed by atoms with Gasteiger partial charge in [0.25, 0.3) is 0 Å². The van der Waals surface area contributed by atoms with E-state index in [9.17, 15) is 4.79 Å². The van der Waals surface area contributed by atoms with Gasteiger partial charge in [0.05, 0.1) is 0 Å². The highest BCUT2D eigenvalue weighted by molar-refractivity contribution is 5.78. The van der Waals surface area contributed by atoms with Gasteiger partial charge >= 0.3 is 0 Å². The van der Waals surface area contributed by atoms with Crippen molar-refractivity contribution in [2.24, 2.45) is 5.73 Å². The van der Waals surface area contributed by atoms with Gasteiger partial charge in [-0.15, -0.1) is 0 Å². The predicted molar refractivity (Wildman–Crippen MR) is 28.2 cm³/mol. The van der Waals surface area contributed by atoms with Gasteiger partial charge in [0, 0.05) is 6.61 Å². The third-order valence-corrected chi connectivity index (χ3v) is 1.25. The summed E-state index contributed by atoms with van der Waals surface area (Å²) in [6, 6.07) is 0. The second kappa shape index (κ2) is 2.13. The van der Waals surface area contributed by atoms with Crippen LogP contribution in [0.15, 0.2) is 0 Å². The van der Waals surface area contributed by atoms with Crippen LogP contribution in [0.2, 0.25) is 0 Å². The Balaban J connectivity index is 2.35. The number of hydrogen-bond acceptors (Lipinski definition) is 2. The zero-order valence-electron chi connectivity index (χ0n) is 4.59. The van der Waals surface area contributed by atoms with Crippen LogP contribution in [0.5, 0.6) is 0 Å². The first-order valence-electron chi connectivity index (χ1n) is 2.71. The standard InChI is InChI=1S/C5H9NO2/c6-5(7)4-2-1-3-8-4/h4H,1-3H2,(H2,6,7)/t4-/m1/s1. The summed E-state index contributed by atoms with van der Waals surface area (Å²) in [5.74, 6) is -0.331. The highest BCUT2D eigenvalue weighted by Crippen LogP contribution is 2.10. The van der Waals surface area contributed by atoms with Crippen molar-refractivity contribution in [1.82, 2.24) is 0 Å². The van der Waals surface area contributed by atoms with Crippen molar-refractivity contribution < 1.29 is 9.53 Å². The maximum absolute atomic E-state index is 10.3. The minimum atomic E-state index is -0.331. The lowest BCUT2D eigenvalue weighted by molar-refractivity contribution is -0.126. The zero-order valence-corrected chi connectivity index (χ0v) is 4.59. The van der Waals surface area contributed by atoms with E-state index in [4.69, 9.17) is 10.5 Å². The van der Waals surface area contributed by atoms with Crippen molar-refractivity contribution in [3.8, 4) is 0 Å². The molecule has 0 radical (unpaired) electrons. The highest BCUT2D eigenvalue weighted by Gasteiger charge is 2.19. The molecule has 1 amide bonds. The molecule has 0 aromatic rings. The quantitative estimate of drug-likeness (QED) is 0.508. The first-order valence-corrected chi connectivity index (χ1v) is 2.71. The lowest BCUT2D eigenvalue weighted by Gasteiger charge is -2.00. The molecule has 0 aromatic carbocycles. The number of primary amides is 1. The molecule has 0 aromatic heterocycles. The maximum Gasteiger partial charge on any atom is 0.246 e. The van der Waals surface area contributed by atoms with Crippen LogP contribution < -0.4 is 5.73 Å². The molecule has 1 rings (SSSR count). The van der Waals surface area contributed by atoms with Gasteiger partial charge in [0.2, 0.25) is 5.91 Å². The fraction of sp³-hybridized carbons (Fsp3) is 0.800. The molecule has 46 valence electrons. The van der Waals surface area contributed by atoms with E-state index in [0.29, 0.717) is 6.61 Å². The van der Waals surface area contributed by atoms with E-state index in [2.05, 4.69) is 0 Å². The van der Waals surface area contributed by atoms with Gasteiger partial charge in [-0.05, 0) is 12.8 Å². The summed E-state index contributed by atoms with van der Waals surface area (Å²) in [7, 11) is 0. The summed E-state index contributed by atoms with van der Waals surface area (Å²) in [6.07, 6.45) is 1.47. The van der Waals surface area contributed by atoms with Crippen LogP contribution >= 0.6 is 0 Å². The van der Waals surface area contributed by atoms with Crippen molar-refractivity contribution in [3.05, 3.63) is 0 Å². The Morgan fingerprint density at radius 2 is 2.50 bits per heavy atom. The van der Waals surface area contributed by atoms with Crippen LogP contribution in [0.3, 0.4) is 0 Å². The second-order valence-corrected chi connectivity index (χ2v) is 1.90. The Kier molecular flexibility index (Phi) is 1.48. The molecule has 0 saturated carbocycles. The molecule has 3 heteroatoms. The first kappa shape index (κ1) is 5.56. The van der Waals surface area contributed by atoms with Crippen LogP contribution in [0.25, 0.3) is 0 Å². The van der Waals surface area contributed by atoms with E-state index in [1.54, 1.807) is 0 Å². The second-order valence-electron chi connectivity index (χ2n) is 1.90. The number of carbonyl (C=O) groups excluding carboxylic acids is 1. The molecule has 8 heavy (non-hydrogen) atoms. The van der Waals surface area contributed by atoms with Gasteiger partial charge < -0.3 is 10.5 Å². The molecule has 1 atom stereocenters. The Morgan fingerprint density at radius 3 is 2.75 bits per heavy atom. The van der Waals surface area contributed by atoms with Gasteiger partial charge in [-0.1, -0.05) is 0 Å². The van der Waals surface area contributed by atoms with Crippen LogP contribution in [-0.4, -0.2) is 18.6 Å². The van der Waals surface area contributed by atoms with Crippen molar-refractivity contribution in [1.29, 1.82) is 0 Å². The number of hydrogen-bond donors (Lipinski definition) is 1. The van der Waals surface area contributed by atoms with Crippen LogP contribution in [0.1, 0.15) is 12.8 Å². The largest absolute Gasteiger partial charge is 0.368 e. The average molecular weight is 115 g/mol. The van der Waals surface area contributed by atoms with Crippen molar-refractivity contribution >= 4 is 5.91 Å². The summed E-state index contributed by atoms with van der Waals surface area (Å²) in [5.41, 5.74) is 4.93. The molecule has 1 fully saturated rings. The summed E-state index contributed by atoms with van der Waals surface area (Å²) < 4.78 is 4.94. The Labute approximate surface area is 47.8 Å². The number of amides is 1. The minimum absolute atomic E-state index is 0.296.